The molecule has 6 heteroatoms. The van der Waals surface area contributed by atoms with Gasteiger partial charge < -0.3 is 10.6 Å². The molecule has 1 unspecified atom stereocenters. The second-order valence-electron chi connectivity index (χ2n) is 5.83. The molecule has 2 aromatic rings. The molecule has 0 fully saturated rings. The summed E-state index contributed by atoms with van der Waals surface area (Å²) in [7, 11) is 1.63. The average Bonchev–Trinajstić information content (AvgIpc) is 2.91. The first-order chi connectivity index (χ1) is 11.9. The van der Waals surface area contributed by atoms with Crippen molar-refractivity contribution in [3.05, 3.63) is 77.1 Å². The van der Waals surface area contributed by atoms with E-state index in [4.69, 9.17) is 0 Å². The van der Waals surface area contributed by atoms with Crippen molar-refractivity contribution in [2.45, 2.75) is 18.6 Å². The largest absolute Gasteiger partial charge is 0.416 e. The zero-order valence-electron chi connectivity index (χ0n) is 13.5. The number of hydrogen-bond acceptors (Lipinski definition) is 3. The molecule has 1 aliphatic rings. The maximum absolute atomic E-state index is 13.0. The van der Waals surface area contributed by atoms with Gasteiger partial charge in [0, 0.05) is 13.5 Å². The predicted molar refractivity (Wildman–Crippen MR) is 89.5 cm³/mol. The van der Waals surface area contributed by atoms with Gasteiger partial charge in [-0.05, 0) is 23.3 Å². The van der Waals surface area contributed by atoms with Crippen molar-refractivity contribution in [1.82, 2.24) is 10.6 Å². The molecule has 0 aromatic heterocycles. The first kappa shape index (κ1) is 17.1. The maximum atomic E-state index is 13.0. The van der Waals surface area contributed by atoms with Crippen LogP contribution in [-0.4, -0.2) is 18.9 Å². The van der Waals surface area contributed by atoms with E-state index in [9.17, 15) is 18.0 Å². The van der Waals surface area contributed by atoms with Crippen LogP contribution in [0.3, 0.4) is 0 Å². The molecule has 25 heavy (non-hydrogen) atoms. The topological polar surface area (TPSA) is 41.1 Å². The minimum atomic E-state index is -4.45. The molecule has 0 aliphatic carbocycles. The molecule has 3 rings (SSSR count). The van der Waals surface area contributed by atoms with Gasteiger partial charge in [0.1, 0.15) is 5.82 Å². The summed E-state index contributed by atoms with van der Waals surface area (Å²) in [6.45, 7) is 0. The standard InChI is InChI=1S/C19H17F3N2O/c1-23-18-16(13-8-5-9-14(11-13)19(20,21)22)17(25)15(24-18)10-12-6-3-2-4-7-12/h2-9,11,15,23-24H,10H2,1H3. The molecule has 1 atom stereocenters. The molecule has 3 nitrogen and oxygen atoms in total. The Kier molecular flexibility index (Phi) is 4.53. The number of carbonyl (C=O) groups excluding carboxylic acids is 1. The second kappa shape index (κ2) is 6.63. The third kappa shape index (κ3) is 3.52. The van der Waals surface area contributed by atoms with E-state index in [2.05, 4.69) is 10.6 Å². The van der Waals surface area contributed by atoms with Crippen molar-refractivity contribution in [3.63, 3.8) is 0 Å². The lowest BCUT2D eigenvalue weighted by molar-refractivity contribution is -0.137. The summed E-state index contributed by atoms with van der Waals surface area (Å²) in [5, 5.41) is 5.97. The molecule has 0 saturated heterocycles. The Balaban J connectivity index is 1.91. The smallest absolute Gasteiger partial charge is 0.374 e. The van der Waals surface area contributed by atoms with E-state index in [1.54, 1.807) is 7.05 Å². The normalized spacial score (nSPS) is 17.6. The first-order valence-electron chi connectivity index (χ1n) is 7.84. The zero-order chi connectivity index (χ0) is 18.0. The fourth-order valence-electron chi connectivity index (χ4n) is 2.94. The number of alkyl halides is 3. The molecule has 0 amide bonds. The van der Waals surface area contributed by atoms with Crippen molar-refractivity contribution < 1.29 is 18.0 Å². The number of nitrogens with one attached hydrogen (secondary N) is 2. The SMILES string of the molecule is CNC1=C(c2cccc(C(F)(F)F)c2)C(=O)C(Cc2ccccc2)N1. The van der Waals surface area contributed by atoms with Crippen LogP contribution in [0, 0.1) is 0 Å². The van der Waals surface area contributed by atoms with Crippen LogP contribution in [-0.2, 0) is 17.4 Å². The first-order valence-corrected chi connectivity index (χ1v) is 7.84. The van der Waals surface area contributed by atoms with E-state index < -0.39 is 17.8 Å². The van der Waals surface area contributed by atoms with E-state index in [1.165, 1.54) is 12.1 Å². The van der Waals surface area contributed by atoms with Gasteiger partial charge in [-0.25, -0.2) is 0 Å². The van der Waals surface area contributed by atoms with Gasteiger partial charge in [0.2, 0.25) is 0 Å². The van der Waals surface area contributed by atoms with Crippen molar-refractivity contribution >= 4 is 11.4 Å². The highest BCUT2D eigenvalue weighted by molar-refractivity contribution is 6.26. The fourth-order valence-corrected chi connectivity index (χ4v) is 2.94. The third-order valence-electron chi connectivity index (χ3n) is 4.14. The number of carbonyl (C=O) groups is 1. The molecule has 2 N–H and O–H groups in total. The third-order valence-corrected chi connectivity index (χ3v) is 4.14. The lowest BCUT2D eigenvalue weighted by Crippen LogP contribution is -2.33. The minimum Gasteiger partial charge on any atom is -0.374 e. The van der Waals surface area contributed by atoms with E-state index in [-0.39, 0.29) is 16.9 Å². The Labute approximate surface area is 143 Å². The summed E-state index contributed by atoms with van der Waals surface area (Å²) in [6, 6.07) is 13.8. The quantitative estimate of drug-likeness (QED) is 0.892. The Morgan fingerprint density at radius 3 is 2.44 bits per heavy atom. The van der Waals surface area contributed by atoms with Gasteiger partial charge in [-0.15, -0.1) is 0 Å². The van der Waals surface area contributed by atoms with Crippen LogP contribution in [0.1, 0.15) is 16.7 Å². The van der Waals surface area contributed by atoms with Gasteiger partial charge in [-0.2, -0.15) is 13.2 Å². The molecular formula is C19H17F3N2O. The van der Waals surface area contributed by atoms with E-state index in [0.29, 0.717) is 12.2 Å². The number of rotatable bonds is 4. The lowest BCUT2D eigenvalue weighted by atomic mass is 9.95. The van der Waals surface area contributed by atoms with Gasteiger partial charge >= 0.3 is 6.18 Å². The Morgan fingerprint density at radius 2 is 1.80 bits per heavy atom. The van der Waals surface area contributed by atoms with Crippen LogP contribution in [0.2, 0.25) is 0 Å². The highest BCUT2D eigenvalue weighted by atomic mass is 19.4. The van der Waals surface area contributed by atoms with Gasteiger partial charge in [0.25, 0.3) is 0 Å². The monoisotopic (exact) mass is 346 g/mol. The Bertz CT molecular complexity index is 813. The van der Waals surface area contributed by atoms with Crippen LogP contribution in [0.25, 0.3) is 5.57 Å². The van der Waals surface area contributed by atoms with Crippen molar-refractivity contribution in [2.24, 2.45) is 0 Å². The van der Waals surface area contributed by atoms with Crippen LogP contribution in [0.5, 0.6) is 0 Å². The molecule has 0 spiro atoms. The van der Waals surface area contributed by atoms with Crippen LogP contribution in [0.15, 0.2) is 60.4 Å². The number of hydrogen-bond donors (Lipinski definition) is 2. The van der Waals surface area contributed by atoms with Crippen molar-refractivity contribution in [3.8, 4) is 0 Å². The van der Waals surface area contributed by atoms with Gasteiger partial charge in [0.15, 0.2) is 5.78 Å². The van der Waals surface area contributed by atoms with E-state index in [0.717, 1.165) is 17.7 Å². The fraction of sp³-hybridized carbons (Fsp3) is 0.211. The number of ketones is 1. The lowest BCUT2D eigenvalue weighted by Gasteiger charge is -2.11. The minimum absolute atomic E-state index is 0.215. The van der Waals surface area contributed by atoms with Crippen molar-refractivity contribution in [2.75, 3.05) is 7.05 Å². The van der Waals surface area contributed by atoms with E-state index >= 15 is 0 Å². The molecule has 0 bridgehead atoms. The number of benzene rings is 2. The Morgan fingerprint density at radius 1 is 1.08 bits per heavy atom. The van der Waals surface area contributed by atoms with Crippen LogP contribution in [0.4, 0.5) is 13.2 Å². The maximum Gasteiger partial charge on any atom is 0.416 e. The summed E-state index contributed by atoms with van der Waals surface area (Å²) in [4.78, 5) is 12.8. The van der Waals surface area contributed by atoms with Crippen LogP contribution < -0.4 is 10.6 Å². The molecule has 130 valence electrons. The molecule has 0 saturated carbocycles. The van der Waals surface area contributed by atoms with Gasteiger partial charge in [-0.1, -0.05) is 42.5 Å². The summed E-state index contributed by atoms with van der Waals surface area (Å²) < 4.78 is 38.9. The highest BCUT2D eigenvalue weighted by Crippen LogP contribution is 2.33. The molecule has 0 radical (unpaired) electrons. The highest BCUT2D eigenvalue weighted by Gasteiger charge is 2.35. The summed E-state index contributed by atoms with van der Waals surface area (Å²) >= 11 is 0. The zero-order valence-corrected chi connectivity index (χ0v) is 13.5. The molecule has 2 aromatic carbocycles. The Hall–Kier alpha value is -2.76. The predicted octanol–water partition coefficient (Wildman–Crippen LogP) is 3.38. The number of Topliss-reactive ketones (excluding diaryl/α,β-unsaturated/α-hetero) is 1. The van der Waals surface area contributed by atoms with Crippen LogP contribution >= 0.6 is 0 Å². The van der Waals surface area contributed by atoms with Gasteiger partial charge in [0.05, 0.1) is 17.2 Å². The summed E-state index contributed by atoms with van der Waals surface area (Å²) in [5.41, 5.74) is 0.725. The number of halogens is 3. The average molecular weight is 346 g/mol. The summed E-state index contributed by atoms with van der Waals surface area (Å²) in [6.07, 6.45) is -3.98. The second-order valence-corrected chi connectivity index (χ2v) is 5.83. The molecule has 1 heterocycles. The van der Waals surface area contributed by atoms with Crippen molar-refractivity contribution in [1.29, 1.82) is 0 Å². The summed E-state index contributed by atoms with van der Waals surface area (Å²) in [5.74, 6) is 0.234. The van der Waals surface area contributed by atoms with Gasteiger partial charge in [-0.3, -0.25) is 4.79 Å². The molecule has 1 aliphatic heterocycles. The molecular weight excluding hydrogens is 329 g/mol. The van der Waals surface area contributed by atoms with E-state index in [1.807, 2.05) is 30.3 Å².